The molecule has 0 radical (unpaired) electrons. The van der Waals surface area contributed by atoms with E-state index in [4.69, 9.17) is 4.42 Å². The molecule has 4 rings (SSSR count). The first kappa shape index (κ1) is 16.1. The average molecular weight is 356 g/mol. The van der Waals surface area contributed by atoms with Gasteiger partial charge in [0.25, 0.3) is 5.91 Å². The Morgan fingerprint density at radius 3 is 2.96 bits per heavy atom. The van der Waals surface area contributed by atoms with Gasteiger partial charge in [0, 0.05) is 17.0 Å². The van der Waals surface area contributed by atoms with Crippen LogP contribution in [0.5, 0.6) is 0 Å². The van der Waals surface area contributed by atoms with Crippen LogP contribution >= 0.6 is 11.3 Å². The number of nitrogens with one attached hydrogen (secondary N) is 1. The SMILES string of the molecule is Cc1cc(C)n(Cc2ccc(C(=O)NCc3csc(C4CC4)n3)o2)n1. The number of furan rings is 1. The molecule has 1 amide bonds. The quantitative estimate of drug-likeness (QED) is 0.735. The summed E-state index contributed by atoms with van der Waals surface area (Å²) in [6.07, 6.45) is 2.48. The van der Waals surface area contributed by atoms with Gasteiger partial charge in [0.05, 0.1) is 29.5 Å². The zero-order valence-corrected chi connectivity index (χ0v) is 15.1. The fraction of sp³-hybridized carbons (Fsp3) is 0.389. The molecule has 0 saturated heterocycles. The number of thiazole rings is 1. The van der Waals surface area contributed by atoms with Crippen molar-refractivity contribution in [3.8, 4) is 0 Å². The molecule has 0 unspecified atom stereocenters. The predicted octanol–water partition coefficient (Wildman–Crippen LogP) is 3.41. The van der Waals surface area contributed by atoms with E-state index in [0.717, 1.165) is 17.1 Å². The van der Waals surface area contributed by atoms with E-state index >= 15 is 0 Å². The van der Waals surface area contributed by atoms with E-state index in [1.54, 1.807) is 17.4 Å². The molecule has 130 valence electrons. The van der Waals surface area contributed by atoms with Crippen LogP contribution in [-0.2, 0) is 13.1 Å². The van der Waals surface area contributed by atoms with Crippen molar-refractivity contribution in [1.82, 2.24) is 20.1 Å². The highest BCUT2D eigenvalue weighted by atomic mass is 32.1. The molecule has 0 bridgehead atoms. The van der Waals surface area contributed by atoms with Crippen molar-refractivity contribution in [3.05, 3.63) is 57.2 Å². The third-order valence-corrected chi connectivity index (χ3v) is 5.28. The van der Waals surface area contributed by atoms with E-state index in [1.165, 1.54) is 17.8 Å². The molecular weight excluding hydrogens is 336 g/mol. The van der Waals surface area contributed by atoms with Gasteiger partial charge in [-0.2, -0.15) is 5.10 Å². The second-order valence-electron chi connectivity index (χ2n) is 6.48. The lowest BCUT2D eigenvalue weighted by molar-refractivity contribution is 0.0920. The second kappa shape index (κ2) is 6.48. The maximum atomic E-state index is 12.3. The standard InChI is InChI=1S/C18H20N4O2S/c1-11-7-12(2)22(21-11)9-15-5-6-16(24-15)17(23)19-8-14-10-25-18(20-14)13-3-4-13/h5-7,10,13H,3-4,8-9H2,1-2H3,(H,19,23). The molecule has 25 heavy (non-hydrogen) atoms. The molecule has 1 aliphatic carbocycles. The van der Waals surface area contributed by atoms with E-state index in [0.29, 0.717) is 30.5 Å². The minimum atomic E-state index is -0.222. The topological polar surface area (TPSA) is 73.0 Å². The number of carbonyl (C=O) groups is 1. The molecule has 6 nitrogen and oxygen atoms in total. The fourth-order valence-electron chi connectivity index (χ4n) is 2.75. The van der Waals surface area contributed by atoms with Crippen molar-refractivity contribution < 1.29 is 9.21 Å². The summed E-state index contributed by atoms with van der Waals surface area (Å²) in [6, 6.07) is 5.53. The number of aromatic nitrogens is 3. The van der Waals surface area contributed by atoms with Crippen LogP contribution in [0.1, 0.15) is 57.2 Å². The molecule has 3 heterocycles. The van der Waals surface area contributed by atoms with Crippen LogP contribution < -0.4 is 5.32 Å². The van der Waals surface area contributed by atoms with Crippen LogP contribution in [0.2, 0.25) is 0 Å². The van der Waals surface area contributed by atoms with Crippen LogP contribution in [0, 0.1) is 13.8 Å². The molecule has 3 aromatic rings. The molecule has 7 heteroatoms. The molecule has 0 spiro atoms. The first-order valence-electron chi connectivity index (χ1n) is 8.41. The molecular formula is C18H20N4O2S. The normalized spacial score (nSPS) is 14.0. The van der Waals surface area contributed by atoms with Gasteiger partial charge in [0.15, 0.2) is 5.76 Å². The summed E-state index contributed by atoms with van der Waals surface area (Å²) >= 11 is 1.68. The number of hydrogen-bond acceptors (Lipinski definition) is 5. The summed E-state index contributed by atoms with van der Waals surface area (Å²) in [5.41, 5.74) is 2.94. The Balaban J connectivity index is 1.35. The summed E-state index contributed by atoms with van der Waals surface area (Å²) in [7, 11) is 0. The molecule has 0 atom stereocenters. The van der Waals surface area contributed by atoms with Gasteiger partial charge in [-0.3, -0.25) is 9.48 Å². The smallest absolute Gasteiger partial charge is 0.287 e. The number of hydrogen-bond donors (Lipinski definition) is 1. The first-order valence-corrected chi connectivity index (χ1v) is 9.29. The molecule has 1 aliphatic rings. The van der Waals surface area contributed by atoms with E-state index < -0.39 is 0 Å². The molecule has 3 aromatic heterocycles. The number of amides is 1. The molecule has 1 saturated carbocycles. The van der Waals surface area contributed by atoms with E-state index in [2.05, 4.69) is 15.4 Å². The number of nitrogens with zero attached hydrogens (tertiary/aromatic N) is 3. The number of rotatable bonds is 6. The predicted molar refractivity (Wildman–Crippen MR) is 94.8 cm³/mol. The Bertz CT molecular complexity index is 904. The van der Waals surface area contributed by atoms with Crippen LogP contribution in [0.15, 0.2) is 28.0 Å². The van der Waals surface area contributed by atoms with E-state index in [9.17, 15) is 4.79 Å². The fourth-order valence-corrected chi connectivity index (χ4v) is 3.74. The Morgan fingerprint density at radius 2 is 2.24 bits per heavy atom. The third-order valence-electron chi connectivity index (χ3n) is 4.22. The van der Waals surface area contributed by atoms with Crippen LogP contribution in [0.4, 0.5) is 0 Å². The zero-order chi connectivity index (χ0) is 17.4. The lowest BCUT2D eigenvalue weighted by Crippen LogP contribution is -2.22. The van der Waals surface area contributed by atoms with Gasteiger partial charge in [-0.1, -0.05) is 0 Å². The number of carbonyl (C=O) groups excluding carboxylic acids is 1. The first-order chi connectivity index (χ1) is 12.1. The van der Waals surface area contributed by atoms with Crippen molar-refractivity contribution in [2.75, 3.05) is 0 Å². The van der Waals surface area contributed by atoms with E-state index in [-0.39, 0.29) is 5.91 Å². The second-order valence-corrected chi connectivity index (χ2v) is 7.37. The Morgan fingerprint density at radius 1 is 1.40 bits per heavy atom. The van der Waals surface area contributed by atoms with Crippen LogP contribution in [0.25, 0.3) is 0 Å². The molecule has 1 N–H and O–H groups in total. The lowest BCUT2D eigenvalue weighted by atomic mass is 10.3. The van der Waals surface area contributed by atoms with Gasteiger partial charge < -0.3 is 9.73 Å². The van der Waals surface area contributed by atoms with Crippen molar-refractivity contribution >= 4 is 17.2 Å². The summed E-state index contributed by atoms with van der Waals surface area (Å²) in [5, 5.41) is 10.5. The van der Waals surface area contributed by atoms with Gasteiger partial charge in [0.1, 0.15) is 5.76 Å². The van der Waals surface area contributed by atoms with Gasteiger partial charge in [-0.05, 0) is 44.9 Å². The third kappa shape index (κ3) is 3.66. The van der Waals surface area contributed by atoms with Crippen molar-refractivity contribution in [1.29, 1.82) is 0 Å². The summed E-state index contributed by atoms with van der Waals surface area (Å²) < 4.78 is 7.53. The zero-order valence-electron chi connectivity index (χ0n) is 14.3. The molecule has 0 aromatic carbocycles. The molecule has 0 aliphatic heterocycles. The number of aryl methyl sites for hydroxylation is 2. The van der Waals surface area contributed by atoms with Gasteiger partial charge in [-0.25, -0.2) is 4.98 Å². The Hall–Kier alpha value is -2.41. The highest BCUT2D eigenvalue weighted by molar-refractivity contribution is 7.09. The highest BCUT2D eigenvalue weighted by Gasteiger charge is 2.26. The summed E-state index contributed by atoms with van der Waals surface area (Å²) in [6.45, 7) is 4.90. The maximum absolute atomic E-state index is 12.3. The minimum absolute atomic E-state index is 0.222. The van der Waals surface area contributed by atoms with E-state index in [1.807, 2.05) is 36.0 Å². The highest BCUT2D eigenvalue weighted by Crippen LogP contribution is 2.41. The Kier molecular flexibility index (Phi) is 4.17. The van der Waals surface area contributed by atoms with Crippen molar-refractivity contribution in [2.45, 2.75) is 45.7 Å². The van der Waals surface area contributed by atoms with Gasteiger partial charge in [-0.15, -0.1) is 11.3 Å². The average Bonchev–Trinajstić information content (AvgIpc) is 3.01. The maximum Gasteiger partial charge on any atom is 0.287 e. The van der Waals surface area contributed by atoms with Crippen molar-refractivity contribution in [3.63, 3.8) is 0 Å². The summed E-state index contributed by atoms with van der Waals surface area (Å²) in [4.78, 5) is 16.8. The Labute approximate surface area is 149 Å². The monoisotopic (exact) mass is 356 g/mol. The van der Waals surface area contributed by atoms with Gasteiger partial charge >= 0.3 is 0 Å². The van der Waals surface area contributed by atoms with Crippen LogP contribution in [-0.4, -0.2) is 20.7 Å². The minimum Gasteiger partial charge on any atom is -0.454 e. The molecule has 1 fully saturated rings. The van der Waals surface area contributed by atoms with Crippen molar-refractivity contribution in [2.24, 2.45) is 0 Å². The lowest BCUT2D eigenvalue weighted by Gasteiger charge is -2.02. The van der Waals surface area contributed by atoms with Crippen LogP contribution in [0.3, 0.4) is 0 Å². The largest absolute Gasteiger partial charge is 0.454 e. The van der Waals surface area contributed by atoms with Gasteiger partial charge in [0.2, 0.25) is 0 Å². The summed E-state index contributed by atoms with van der Waals surface area (Å²) in [5.74, 6) is 1.45.